The predicted octanol–water partition coefficient (Wildman–Crippen LogP) is 0.127. The van der Waals surface area contributed by atoms with Crippen molar-refractivity contribution in [2.45, 2.75) is 46.1 Å². The third-order valence-electron chi connectivity index (χ3n) is 4.63. The first-order valence-electron chi connectivity index (χ1n) is 8.61. The number of H-pyrrole nitrogens is 1. The van der Waals surface area contributed by atoms with Crippen LogP contribution in [0.15, 0.2) is 4.79 Å². The van der Waals surface area contributed by atoms with Gasteiger partial charge < -0.3 is 16.0 Å². The number of aromatic nitrogens is 2. The van der Waals surface area contributed by atoms with Gasteiger partial charge in [-0.15, -0.1) is 0 Å². The summed E-state index contributed by atoms with van der Waals surface area (Å²) in [6, 6.07) is -0.149. The molecule has 1 aliphatic heterocycles. The zero-order chi connectivity index (χ0) is 18.7. The largest absolute Gasteiger partial charge is 0.369 e. The summed E-state index contributed by atoms with van der Waals surface area (Å²) in [6.45, 7) is 9.03. The van der Waals surface area contributed by atoms with Gasteiger partial charge in [0.15, 0.2) is 0 Å². The summed E-state index contributed by atoms with van der Waals surface area (Å²) in [5, 5.41) is 2.93. The number of rotatable bonds is 5. The van der Waals surface area contributed by atoms with Gasteiger partial charge in [0.1, 0.15) is 11.4 Å². The number of aromatic amines is 1. The van der Waals surface area contributed by atoms with E-state index in [4.69, 9.17) is 5.73 Å². The number of nitrogens with zero attached hydrogens (tertiary/aromatic N) is 2. The lowest BCUT2D eigenvalue weighted by Crippen LogP contribution is -2.54. The first-order chi connectivity index (χ1) is 11.7. The van der Waals surface area contributed by atoms with E-state index in [0.717, 1.165) is 13.0 Å². The van der Waals surface area contributed by atoms with Crippen molar-refractivity contribution in [3.8, 4) is 0 Å². The molecular formula is C17H27N5O3. The molecule has 1 fully saturated rings. The first kappa shape index (κ1) is 19.1. The third kappa shape index (κ3) is 4.66. The number of hydrogen-bond acceptors (Lipinski definition) is 5. The minimum absolute atomic E-state index is 0.0450. The number of piperidine rings is 1. The number of nitrogens with one attached hydrogen (secondary N) is 2. The lowest BCUT2D eigenvalue weighted by Gasteiger charge is -2.36. The highest BCUT2D eigenvalue weighted by molar-refractivity contribution is 5.95. The van der Waals surface area contributed by atoms with Gasteiger partial charge in [-0.1, -0.05) is 20.8 Å². The molecule has 1 saturated heterocycles. The molecule has 0 radical (unpaired) electrons. The monoisotopic (exact) mass is 349 g/mol. The van der Waals surface area contributed by atoms with Crippen molar-refractivity contribution in [1.82, 2.24) is 20.2 Å². The van der Waals surface area contributed by atoms with Crippen LogP contribution in [0.5, 0.6) is 0 Å². The van der Waals surface area contributed by atoms with Gasteiger partial charge >= 0.3 is 0 Å². The second-order valence-corrected chi connectivity index (χ2v) is 7.11. The summed E-state index contributed by atoms with van der Waals surface area (Å²) in [5.74, 6) is 0.0667. The van der Waals surface area contributed by atoms with E-state index in [0.29, 0.717) is 18.1 Å². The van der Waals surface area contributed by atoms with Crippen molar-refractivity contribution in [2.24, 2.45) is 11.7 Å². The fraction of sp³-hybridized carbons (Fsp3) is 0.647. The highest BCUT2D eigenvalue weighted by Gasteiger charge is 2.29. The highest BCUT2D eigenvalue weighted by Crippen LogP contribution is 2.17. The molecule has 0 aromatic carbocycles. The zero-order valence-electron chi connectivity index (χ0n) is 15.3. The third-order valence-corrected chi connectivity index (χ3v) is 4.63. The Morgan fingerprint density at radius 3 is 2.68 bits per heavy atom. The Balaban J connectivity index is 2.15. The summed E-state index contributed by atoms with van der Waals surface area (Å²) in [7, 11) is 0. The maximum Gasteiger partial charge on any atom is 0.264 e. The molecule has 0 bridgehead atoms. The van der Waals surface area contributed by atoms with E-state index < -0.39 is 11.5 Å². The fourth-order valence-electron chi connectivity index (χ4n) is 3.08. The Morgan fingerprint density at radius 2 is 2.12 bits per heavy atom. The molecule has 2 amide bonds. The second kappa shape index (κ2) is 7.77. The van der Waals surface area contributed by atoms with E-state index in [2.05, 4.69) is 15.3 Å². The molecule has 0 aliphatic carbocycles. The average molecular weight is 349 g/mol. The van der Waals surface area contributed by atoms with Gasteiger partial charge in [0.05, 0.1) is 12.2 Å². The molecule has 25 heavy (non-hydrogen) atoms. The topological polar surface area (TPSA) is 121 Å². The Labute approximate surface area is 147 Å². The van der Waals surface area contributed by atoms with E-state index in [9.17, 15) is 14.4 Å². The van der Waals surface area contributed by atoms with E-state index in [1.54, 1.807) is 6.92 Å². The normalized spacial score (nSPS) is 21.3. The van der Waals surface area contributed by atoms with Gasteiger partial charge in [-0.25, -0.2) is 4.98 Å². The number of hydrogen-bond donors (Lipinski definition) is 3. The molecule has 8 heteroatoms. The molecule has 4 N–H and O–H groups in total. The average Bonchev–Trinajstić information content (AvgIpc) is 2.49. The Morgan fingerprint density at radius 1 is 1.44 bits per heavy atom. The SMILES string of the molecule is Cc1nc(C(C)C)[nH]c(=O)c1C(=O)NC1CN(CC(N)=O)CCC1C. The minimum Gasteiger partial charge on any atom is -0.369 e. The zero-order valence-corrected chi connectivity index (χ0v) is 15.3. The molecule has 2 atom stereocenters. The number of amides is 2. The van der Waals surface area contributed by atoms with Gasteiger partial charge in [0, 0.05) is 18.5 Å². The summed E-state index contributed by atoms with van der Waals surface area (Å²) < 4.78 is 0. The van der Waals surface area contributed by atoms with E-state index in [1.807, 2.05) is 25.7 Å². The van der Waals surface area contributed by atoms with Gasteiger partial charge in [-0.05, 0) is 25.8 Å². The van der Waals surface area contributed by atoms with Crippen LogP contribution in [-0.4, -0.2) is 52.4 Å². The molecule has 1 aromatic rings. The molecule has 1 aromatic heterocycles. The standard InChI is InChI=1S/C17H27N5O3/c1-9(2)15-19-11(4)14(17(25)21-15)16(24)20-12-7-22(8-13(18)23)6-5-10(12)3/h9-10,12H,5-8H2,1-4H3,(H2,18,23)(H,20,24)(H,19,21,25). The highest BCUT2D eigenvalue weighted by atomic mass is 16.2. The van der Waals surface area contributed by atoms with Gasteiger partial charge in [-0.3, -0.25) is 19.3 Å². The number of aryl methyl sites for hydroxylation is 1. The van der Waals surface area contributed by atoms with E-state index in [1.165, 1.54) is 0 Å². The molecule has 8 nitrogen and oxygen atoms in total. The number of nitrogens with two attached hydrogens (primary N) is 1. The summed E-state index contributed by atoms with van der Waals surface area (Å²) in [6.07, 6.45) is 0.845. The first-order valence-corrected chi connectivity index (χ1v) is 8.61. The van der Waals surface area contributed by atoms with Crippen LogP contribution in [0.4, 0.5) is 0 Å². The van der Waals surface area contributed by atoms with Gasteiger partial charge in [-0.2, -0.15) is 0 Å². The molecule has 2 unspecified atom stereocenters. The van der Waals surface area contributed by atoms with Crippen molar-refractivity contribution >= 4 is 11.8 Å². The van der Waals surface area contributed by atoms with Crippen LogP contribution < -0.4 is 16.6 Å². The predicted molar refractivity (Wildman–Crippen MR) is 94.4 cm³/mol. The maximum absolute atomic E-state index is 12.6. The van der Waals surface area contributed by atoms with E-state index >= 15 is 0 Å². The maximum atomic E-state index is 12.6. The second-order valence-electron chi connectivity index (χ2n) is 7.11. The number of primary amides is 1. The van der Waals surface area contributed by atoms with Crippen LogP contribution in [0.25, 0.3) is 0 Å². The van der Waals surface area contributed by atoms with Crippen LogP contribution >= 0.6 is 0 Å². The Hall–Kier alpha value is -2.22. The summed E-state index contributed by atoms with van der Waals surface area (Å²) in [4.78, 5) is 45.0. The molecule has 0 saturated carbocycles. The summed E-state index contributed by atoms with van der Waals surface area (Å²) in [5.41, 5.74) is 5.29. The lowest BCUT2D eigenvalue weighted by atomic mass is 9.93. The van der Waals surface area contributed by atoms with Crippen molar-refractivity contribution in [3.63, 3.8) is 0 Å². The minimum atomic E-state index is -0.431. The number of carbonyl (C=O) groups excluding carboxylic acids is 2. The van der Waals surface area contributed by atoms with Crippen molar-refractivity contribution in [2.75, 3.05) is 19.6 Å². The Kier molecular flexibility index (Phi) is 5.94. The quantitative estimate of drug-likeness (QED) is 0.697. The smallest absolute Gasteiger partial charge is 0.264 e. The lowest BCUT2D eigenvalue weighted by molar-refractivity contribution is -0.119. The van der Waals surface area contributed by atoms with Crippen LogP contribution in [0.3, 0.4) is 0 Å². The molecule has 0 spiro atoms. The van der Waals surface area contributed by atoms with Crippen molar-refractivity contribution in [3.05, 3.63) is 27.4 Å². The van der Waals surface area contributed by atoms with Crippen LogP contribution in [0, 0.1) is 12.8 Å². The van der Waals surface area contributed by atoms with Crippen molar-refractivity contribution < 1.29 is 9.59 Å². The van der Waals surface area contributed by atoms with Gasteiger partial charge in [0.25, 0.3) is 11.5 Å². The van der Waals surface area contributed by atoms with Gasteiger partial charge in [0.2, 0.25) is 5.91 Å². The van der Waals surface area contributed by atoms with Crippen LogP contribution in [0.1, 0.15) is 55.0 Å². The molecule has 2 rings (SSSR count). The van der Waals surface area contributed by atoms with Crippen LogP contribution in [-0.2, 0) is 4.79 Å². The summed E-state index contributed by atoms with van der Waals surface area (Å²) >= 11 is 0. The fourth-order valence-corrected chi connectivity index (χ4v) is 3.08. The number of carbonyl (C=O) groups is 2. The number of likely N-dealkylation sites (tertiary alicyclic amines) is 1. The van der Waals surface area contributed by atoms with Crippen LogP contribution in [0.2, 0.25) is 0 Å². The molecular weight excluding hydrogens is 322 g/mol. The van der Waals surface area contributed by atoms with Crippen molar-refractivity contribution in [1.29, 1.82) is 0 Å². The molecule has 2 heterocycles. The Bertz CT molecular complexity index is 713. The molecule has 1 aliphatic rings. The van der Waals surface area contributed by atoms with E-state index in [-0.39, 0.29) is 35.9 Å². The molecule has 138 valence electrons.